The van der Waals surface area contributed by atoms with Crippen LogP contribution in [0.2, 0.25) is 0 Å². The Labute approximate surface area is 405 Å². The summed E-state index contributed by atoms with van der Waals surface area (Å²) in [6, 6.07) is 15.0. The van der Waals surface area contributed by atoms with Crippen LogP contribution in [-0.2, 0) is 23.7 Å². The van der Waals surface area contributed by atoms with Crippen LogP contribution in [-0.4, -0.2) is 205 Å². The Bertz CT molecular complexity index is 2240. The lowest BCUT2D eigenvalue weighted by atomic mass is 10.3. The Morgan fingerprint density at radius 3 is 0.789 bits per heavy atom. The lowest BCUT2D eigenvalue weighted by Gasteiger charge is -2.23. The van der Waals surface area contributed by atoms with Gasteiger partial charge in [-0.15, -0.1) is 18.9 Å². The molecule has 4 heterocycles. The summed E-state index contributed by atoms with van der Waals surface area (Å²) in [5.74, 6) is -2.67. The molecule has 71 heavy (non-hydrogen) atoms. The summed E-state index contributed by atoms with van der Waals surface area (Å²) in [4.78, 5) is 101. The summed E-state index contributed by atoms with van der Waals surface area (Å²) >= 11 is 0. The number of carbonyl (C=O) groups is 4. The van der Waals surface area contributed by atoms with Crippen LogP contribution in [0.5, 0.6) is 0 Å². The fourth-order valence-electron chi connectivity index (χ4n) is 6.33. The van der Waals surface area contributed by atoms with Gasteiger partial charge < -0.3 is 65.8 Å². The van der Waals surface area contributed by atoms with Gasteiger partial charge in [0.25, 0.3) is 45.9 Å². The second-order valence-electron chi connectivity index (χ2n) is 15.0. The second kappa shape index (κ2) is 31.0. The zero-order valence-electron chi connectivity index (χ0n) is 38.8. The molecule has 8 N–H and O–H groups in total. The van der Waals surface area contributed by atoms with E-state index in [1.165, 1.54) is 48.5 Å². The molecule has 0 aliphatic rings. The molecule has 0 atom stereocenters. The highest BCUT2D eigenvalue weighted by molar-refractivity contribution is 5.93. The molecule has 0 spiro atoms. The number of nitrogens with zero attached hydrogens (tertiary/aromatic N) is 6. The summed E-state index contributed by atoms with van der Waals surface area (Å²) < 4.78 is 29.1. The molecular weight excluding hydrogens is 941 g/mol. The van der Waals surface area contributed by atoms with Crippen molar-refractivity contribution in [3.05, 3.63) is 137 Å². The molecule has 0 aliphatic carbocycles. The van der Waals surface area contributed by atoms with Crippen LogP contribution in [0, 0.1) is 0 Å². The first-order valence-electron chi connectivity index (χ1n) is 22.4. The van der Waals surface area contributed by atoms with Crippen molar-refractivity contribution in [1.29, 1.82) is 0 Å². The Kier molecular flexibility index (Phi) is 24.5. The van der Waals surface area contributed by atoms with E-state index >= 15 is 0 Å². The number of carbonyl (C=O) groups excluding carboxylic acids is 4. The van der Waals surface area contributed by atoms with Gasteiger partial charge in [0.15, 0.2) is 0 Å². The SMILES string of the molecule is O=C(NCCN(CCNC(=O)c1cccc(=O)n1O)CCOCCOCCOCCOCCOCCN(CCNC(=O)c1cccc(=O)n1O)CCNC(=O)c1cccc(=O)n1O)c1cccc(=O)n1O. The molecule has 27 nitrogen and oxygen atoms in total. The van der Waals surface area contributed by atoms with Gasteiger partial charge in [0.2, 0.25) is 0 Å². The van der Waals surface area contributed by atoms with Crippen LogP contribution >= 0.6 is 0 Å². The largest absolute Gasteiger partial charge is 0.425 e. The van der Waals surface area contributed by atoms with Crippen LogP contribution in [0.15, 0.2) is 92.0 Å². The molecular formula is C44H60N10O17. The zero-order chi connectivity index (χ0) is 51.4. The molecule has 0 bridgehead atoms. The van der Waals surface area contributed by atoms with Crippen molar-refractivity contribution in [3.8, 4) is 0 Å². The highest BCUT2D eigenvalue weighted by atomic mass is 16.6. The Morgan fingerprint density at radius 1 is 0.352 bits per heavy atom. The van der Waals surface area contributed by atoms with E-state index in [1.807, 2.05) is 9.80 Å². The average molecular weight is 1000 g/mol. The molecule has 0 saturated heterocycles. The smallest absolute Gasteiger partial charge is 0.283 e. The fraction of sp³-hybridized carbons (Fsp3) is 0.455. The van der Waals surface area contributed by atoms with Crippen molar-refractivity contribution in [3.63, 3.8) is 0 Å². The molecule has 0 radical (unpaired) electrons. The quantitative estimate of drug-likeness (QED) is 0.0171. The third-order valence-electron chi connectivity index (χ3n) is 10.1. The van der Waals surface area contributed by atoms with Gasteiger partial charge in [-0.2, -0.15) is 0 Å². The monoisotopic (exact) mass is 1000 g/mol. The minimum absolute atomic E-state index is 0.121. The van der Waals surface area contributed by atoms with Crippen LogP contribution in [0.4, 0.5) is 0 Å². The third kappa shape index (κ3) is 19.5. The van der Waals surface area contributed by atoms with E-state index in [1.54, 1.807) is 0 Å². The van der Waals surface area contributed by atoms with Gasteiger partial charge >= 0.3 is 0 Å². The second-order valence-corrected chi connectivity index (χ2v) is 15.0. The lowest BCUT2D eigenvalue weighted by Crippen LogP contribution is -2.42. The Balaban J connectivity index is 1.06. The number of nitrogens with one attached hydrogen (secondary N) is 4. The van der Waals surface area contributed by atoms with Gasteiger partial charge in [-0.25, -0.2) is 0 Å². The first-order valence-corrected chi connectivity index (χ1v) is 22.4. The zero-order valence-corrected chi connectivity index (χ0v) is 38.8. The predicted molar refractivity (Wildman–Crippen MR) is 248 cm³/mol. The highest BCUT2D eigenvalue weighted by Gasteiger charge is 2.17. The van der Waals surface area contributed by atoms with Crippen molar-refractivity contribution in [2.75, 3.05) is 132 Å². The van der Waals surface area contributed by atoms with Gasteiger partial charge in [-0.1, -0.05) is 24.3 Å². The third-order valence-corrected chi connectivity index (χ3v) is 10.1. The number of hydrogen-bond acceptors (Lipinski definition) is 19. The van der Waals surface area contributed by atoms with Crippen molar-refractivity contribution < 1.29 is 63.7 Å². The number of aromatic nitrogens is 4. The van der Waals surface area contributed by atoms with Gasteiger partial charge in [-0.3, -0.25) is 48.2 Å². The Morgan fingerprint density at radius 2 is 0.563 bits per heavy atom. The van der Waals surface area contributed by atoms with Crippen molar-refractivity contribution in [2.45, 2.75) is 0 Å². The van der Waals surface area contributed by atoms with Crippen LogP contribution in [0.3, 0.4) is 0 Å². The van der Waals surface area contributed by atoms with Gasteiger partial charge in [-0.05, 0) is 24.3 Å². The first-order chi connectivity index (χ1) is 34.3. The van der Waals surface area contributed by atoms with Crippen molar-refractivity contribution >= 4 is 23.6 Å². The minimum Gasteiger partial charge on any atom is -0.425 e. The molecule has 4 amide bonds. The topological polar surface area (TPSA) is 338 Å². The molecule has 4 aromatic heterocycles. The molecule has 0 aromatic carbocycles. The normalized spacial score (nSPS) is 11.2. The van der Waals surface area contributed by atoms with Gasteiger partial charge in [0.1, 0.15) is 22.8 Å². The van der Waals surface area contributed by atoms with Crippen molar-refractivity contribution in [2.24, 2.45) is 0 Å². The Hall–Kier alpha value is -7.40. The summed E-state index contributed by atoms with van der Waals surface area (Å²) in [7, 11) is 0. The average Bonchev–Trinajstić information content (AvgIpc) is 3.35. The fourth-order valence-corrected chi connectivity index (χ4v) is 6.33. The molecule has 27 heteroatoms. The summed E-state index contributed by atoms with van der Waals surface area (Å²) in [5, 5.41) is 50.1. The van der Waals surface area contributed by atoms with E-state index in [2.05, 4.69) is 21.3 Å². The summed E-state index contributed by atoms with van der Waals surface area (Å²) in [6.45, 7) is 5.31. The first kappa shape index (κ1) is 56.2. The van der Waals surface area contributed by atoms with Crippen LogP contribution in [0.25, 0.3) is 0 Å². The van der Waals surface area contributed by atoms with E-state index < -0.39 is 45.9 Å². The number of amides is 4. The van der Waals surface area contributed by atoms with Gasteiger partial charge in [0, 0.05) is 89.7 Å². The molecule has 4 rings (SSSR count). The maximum Gasteiger partial charge on any atom is 0.283 e. The summed E-state index contributed by atoms with van der Waals surface area (Å²) in [5.41, 5.74) is -3.98. The molecule has 388 valence electrons. The minimum atomic E-state index is -0.759. The lowest BCUT2D eigenvalue weighted by molar-refractivity contribution is -0.0132. The maximum absolute atomic E-state index is 12.5. The molecule has 4 aromatic rings. The predicted octanol–water partition coefficient (Wildman–Crippen LogP) is -3.01. The van der Waals surface area contributed by atoms with E-state index in [0.29, 0.717) is 65.7 Å². The van der Waals surface area contributed by atoms with Crippen LogP contribution < -0.4 is 43.5 Å². The molecule has 0 saturated carbocycles. The van der Waals surface area contributed by atoms with Crippen molar-refractivity contribution in [1.82, 2.24) is 50.0 Å². The molecule has 0 aliphatic heterocycles. The van der Waals surface area contributed by atoms with E-state index in [0.717, 1.165) is 24.3 Å². The highest BCUT2D eigenvalue weighted by Crippen LogP contribution is 1.99. The molecule has 0 unspecified atom stereocenters. The maximum atomic E-state index is 12.5. The van der Waals surface area contributed by atoms with E-state index in [9.17, 15) is 59.2 Å². The number of rotatable bonds is 34. The number of pyridine rings is 4. The van der Waals surface area contributed by atoms with E-state index in [-0.39, 0.29) is 108 Å². The molecule has 0 fully saturated rings. The van der Waals surface area contributed by atoms with Crippen LogP contribution in [0.1, 0.15) is 42.0 Å². The number of ether oxygens (including phenoxy) is 5. The summed E-state index contributed by atoms with van der Waals surface area (Å²) in [6.07, 6.45) is 0. The van der Waals surface area contributed by atoms with E-state index in [4.69, 9.17) is 23.7 Å². The number of hydrogen-bond donors (Lipinski definition) is 8. The van der Waals surface area contributed by atoms with Gasteiger partial charge in [0.05, 0.1) is 66.1 Å². The standard InChI is InChI=1S/C44H60N10O17/c55-37-9-1-5-33(51(37)63)41(59)45-13-17-49(18-14-46-42(60)34-6-2-10-38(56)52(34)64)21-23-67-25-27-69-29-31-71-32-30-70-28-26-68-24-22-50(19-15-47-43(61)35-7-3-11-39(57)53(35)65)20-16-48-44(62)36-8-4-12-40(58)54(36)66/h1-12,63-66H,13-32H2,(H,45,59)(H,46,60)(H,47,61)(H,48,62).